The quantitative estimate of drug-likeness (QED) is 0.881. The number of thiophene rings is 1. The van der Waals surface area contributed by atoms with E-state index in [4.69, 9.17) is 15.2 Å². The molecule has 5 nitrogen and oxygen atoms in total. The first kappa shape index (κ1) is 13.8. The van der Waals surface area contributed by atoms with Crippen molar-refractivity contribution in [3.63, 3.8) is 0 Å². The molecule has 0 saturated carbocycles. The van der Waals surface area contributed by atoms with E-state index in [1.807, 2.05) is 11.4 Å². The Morgan fingerprint density at radius 1 is 1.38 bits per heavy atom. The van der Waals surface area contributed by atoms with E-state index in [0.29, 0.717) is 29.3 Å². The van der Waals surface area contributed by atoms with Crippen molar-refractivity contribution < 1.29 is 14.3 Å². The molecule has 0 radical (unpaired) electrons. The fraction of sp³-hybridized carbons (Fsp3) is 0.267. The fourth-order valence-electron chi connectivity index (χ4n) is 2.18. The Morgan fingerprint density at radius 3 is 2.86 bits per heavy atom. The summed E-state index contributed by atoms with van der Waals surface area (Å²) in [6.45, 7) is 0.813. The number of likely N-dealkylation sites (N-methyl/N-ethyl adjacent to an activating group) is 1. The number of fused-ring (bicyclic) bond motifs is 1. The molecule has 21 heavy (non-hydrogen) atoms. The first-order chi connectivity index (χ1) is 10.1. The second kappa shape index (κ2) is 5.65. The molecule has 2 aromatic rings. The average molecular weight is 304 g/mol. The van der Waals surface area contributed by atoms with Gasteiger partial charge in [-0.3, -0.25) is 4.79 Å². The van der Waals surface area contributed by atoms with Crippen LogP contribution in [0.5, 0.6) is 11.5 Å². The highest BCUT2D eigenvalue weighted by Gasteiger charge is 2.21. The van der Waals surface area contributed by atoms with Crippen LogP contribution in [0.25, 0.3) is 0 Å². The molecule has 0 unspecified atom stereocenters. The summed E-state index contributed by atoms with van der Waals surface area (Å²) in [4.78, 5) is 15.4. The minimum absolute atomic E-state index is 0.109. The van der Waals surface area contributed by atoms with Crippen LogP contribution in [-0.2, 0) is 6.42 Å². The van der Waals surface area contributed by atoms with Gasteiger partial charge in [-0.2, -0.15) is 0 Å². The molecule has 0 spiro atoms. The first-order valence-corrected chi connectivity index (χ1v) is 7.50. The van der Waals surface area contributed by atoms with Crippen molar-refractivity contribution in [2.45, 2.75) is 6.42 Å². The van der Waals surface area contributed by atoms with E-state index >= 15 is 0 Å². The zero-order valence-corrected chi connectivity index (χ0v) is 12.5. The van der Waals surface area contributed by atoms with Crippen LogP contribution in [-0.4, -0.2) is 31.2 Å². The SMILES string of the molecule is CN(CCc1cccs1)C(=O)c1cc2c(cc1N)OCO2. The average Bonchev–Trinajstić information content (AvgIpc) is 3.13. The maximum atomic E-state index is 12.5. The van der Waals surface area contributed by atoms with Gasteiger partial charge in [0.25, 0.3) is 5.91 Å². The third-order valence-electron chi connectivity index (χ3n) is 3.40. The summed E-state index contributed by atoms with van der Waals surface area (Å²) in [6, 6.07) is 7.37. The van der Waals surface area contributed by atoms with Crippen LogP contribution in [0, 0.1) is 0 Å². The lowest BCUT2D eigenvalue weighted by Gasteiger charge is -2.18. The molecule has 1 aliphatic rings. The second-order valence-electron chi connectivity index (χ2n) is 4.85. The molecule has 0 atom stereocenters. The van der Waals surface area contributed by atoms with E-state index in [0.717, 1.165) is 6.42 Å². The van der Waals surface area contributed by atoms with E-state index in [9.17, 15) is 4.79 Å². The predicted octanol–water partition coefficient (Wildman–Crippen LogP) is 2.37. The maximum absolute atomic E-state index is 12.5. The van der Waals surface area contributed by atoms with Crippen LogP contribution < -0.4 is 15.2 Å². The van der Waals surface area contributed by atoms with Crippen LogP contribution >= 0.6 is 11.3 Å². The smallest absolute Gasteiger partial charge is 0.255 e. The van der Waals surface area contributed by atoms with Gasteiger partial charge in [-0.25, -0.2) is 0 Å². The number of anilines is 1. The Bertz CT molecular complexity index is 655. The lowest BCUT2D eigenvalue weighted by atomic mass is 10.1. The molecule has 2 heterocycles. The van der Waals surface area contributed by atoms with Gasteiger partial charge in [0.15, 0.2) is 11.5 Å². The highest BCUT2D eigenvalue weighted by atomic mass is 32.1. The van der Waals surface area contributed by atoms with Gasteiger partial charge in [-0.1, -0.05) is 6.07 Å². The third-order valence-corrected chi connectivity index (χ3v) is 4.33. The molecule has 0 aliphatic carbocycles. The van der Waals surface area contributed by atoms with Crippen LogP contribution in [0.3, 0.4) is 0 Å². The standard InChI is InChI=1S/C15H16N2O3S/c1-17(5-4-10-3-2-6-21-10)15(18)11-7-13-14(8-12(11)16)20-9-19-13/h2-3,6-8H,4-5,9,16H2,1H3. The lowest BCUT2D eigenvalue weighted by molar-refractivity contribution is 0.0797. The van der Waals surface area contributed by atoms with Gasteiger partial charge in [0.1, 0.15) is 0 Å². The Balaban J connectivity index is 1.72. The summed E-state index contributed by atoms with van der Waals surface area (Å²) in [6.07, 6.45) is 0.838. The van der Waals surface area contributed by atoms with E-state index in [1.165, 1.54) is 4.88 Å². The molecule has 3 rings (SSSR count). The van der Waals surface area contributed by atoms with Gasteiger partial charge in [-0.15, -0.1) is 11.3 Å². The van der Waals surface area contributed by atoms with Crippen molar-refractivity contribution in [2.75, 3.05) is 26.1 Å². The van der Waals surface area contributed by atoms with Gasteiger partial charge in [0.05, 0.1) is 5.56 Å². The van der Waals surface area contributed by atoms with Crippen molar-refractivity contribution >= 4 is 22.9 Å². The molecule has 2 N–H and O–H groups in total. The molecule has 0 bridgehead atoms. The Morgan fingerprint density at radius 2 is 2.14 bits per heavy atom. The van der Waals surface area contributed by atoms with Crippen LogP contribution in [0.15, 0.2) is 29.6 Å². The number of carbonyl (C=O) groups excluding carboxylic acids is 1. The van der Waals surface area contributed by atoms with Gasteiger partial charge in [-0.05, 0) is 23.9 Å². The topological polar surface area (TPSA) is 64.8 Å². The summed E-state index contributed by atoms with van der Waals surface area (Å²) in [7, 11) is 1.78. The van der Waals surface area contributed by atoms with Gasteiger partial charge < -0.3 is 20.1 Å². The molecule has 110 valence electrons. The van der Waals surface area contributed by atoms with Crippen molar-refractivity contribution in [3.8, 4) is 11.5 Å². The molecule has 1 amide bonds. The molecular formula is C15H16N2O3S. The summed E-state index contributed by atoms with van der Waals surface area (Å²) < 4.78 is 10.5. The Hall–Kier alpha value is -2.21. The fourth-order valence-corrected chi connectivity index (χ4v) is 2.88. The number of ether oxygens (including phenoxy) is 2. The molecule has 1 aromatic carbocycles. The normalized spacial score (nSPS) is 12.4. The third kappa shape index (κ3) is 2.80. The van der Waals surface area contributed by atoms with Crippen LogP contribution in [0.4, 0.5) is 5.69 Å². The van der Waals surface area contributed by atoms with E-state index in [1.54, 1.807) is 35.4 Å². The summed E-state index contributed by atoms with van der Waals surface area (Å²) in [5.74, 6) is 1.05. The number of amides is 1. The zero-order chi connectivity index (χ0) is 14.8. The number of nitrogens with two attached hydrogens (primary N) is 1. The number of carbonyl (C=O) groups is 1. The number of nitrogen functional groups attached to an aromatic ring is 1. The van der Waals surface area contributed by atoms with Gasteiger partial charge in [0.2, 0.25) is 6.79 Å². The number of hydrogen-bond acceptors (Lipinski definition) is 5. The maximum Gasteiger partial charge on any atom is 0.255 e. The largest absolute Gasteiger partial charge is 0.454 e. The molecule has 0 fully saturated rings. The van der Waals surface area contributed by atoms with Crippen LogP contribution in [0.1, 0.15) is 15.2 Å². The molecular weight excluding hydrogens is 288 g/mol. The van der Waals surface area contributed by atoms with Crippen molar-refractivity contribution in [1.29, 1.82) is 0 Å². The van der Waals surface area contributed by atoms with E-state index in [2.05, 4.69) is 6.07 Å². The molecule has 0 saturated heterocycles. The minimum atomic E-state index is -0.109. The second-order valence-corrected chi connectivity index (χ2v) is 5.88. The number of benzene rings is 1. The van der Waals surface area contributed by atoms with Crippen molar-refractivity contribution in [2.24, 2.45) is 0 Å². The van der Waals surface area contributed by atoms with Crippen LogP contribution in [0.2, 0.25) is 0 Å². The van der Waals surface area contributed by atoms with Gasteiger partial charge in [0, 0.05) is 30.2 Å². The zero-order valence-electron chi connectivity index (χ0n) is 11.7. The number of nitrogens with zero attached hydrogens (tertiary/aromatic N) is 1. The first-order valence-electron chi connectivity index (χ1n) is 6.62. The van der Waals surface area contributed by atoms with E-state index in [-0.39, 0.29) is 12.7 Å². The predicted molar refractivity (Wildman–Crippen MR) is 82.0 cm³/mol. The lowest BCUT2D eigenvalue weighted by Crippen LogP contribution is -2.29. The van der Waals surface area contributed by atoms with Crippen molar-refractivity contribution in [1.82, 2.24) is 4.90 Å². The monoisotopic (exact) mass is 304 g/mol. The summed E-state index contributed by atoms with van der Waals surface area (Å²) >= 11 is 1.69. The number of hydrogen-bond donors (Lipinski definition) is 1. The molecule has 6 heteroatoms. The summed E-state index contributed by atoms with van der Waals surface area (Å²) in [5, 5.41) is 2.03. The highest BCUT2D eigenvalue weighted by Crippen LogP contribution is 2.36. The van der Waals surface area contributed by atoms with E-state index < -0.39 is 0 Å². The number of rotatable bonds is 4. The Labute approximate surface area is 126 Å². The Kier molecular flexibility index (Phi) is 3.70. The van der Waals surface area contributed by atoms with Crippen molar-refractivity contribution in [3.05, 3.63) is 40.1 Å². The summed E-state index contributed by atoms with van der Waals surface area (Å²) in [5.41, 5.74) is 6.80. The minimum Gasteiger partial charge on any atom is -0.454 e. The molecule has 1 aliphatic heterocycles. The highest BCUT2D eigenvalue weighted by molar-refractivity contribution is 7.09. The van der Waals surface area contributed by atoms with Gasteiger partial charge >= 0.3 is 0 Å². The molecule has 1 aromatic heterocycles.